The highest BCUT2D eigenvalue weighted by atomic mass is 35.5. The minimum absolute atomic E-state index is 0.139. The van der Waals surface area contributed by atoms with Gasteiger partial charge in [0, 0.05) is 18.5 Å². The minimum atomic E-state index is 0.139. The van der Waals surface area contributed by atoms with Gasteiger partial charge in [-0.05, 0) is 30.5 Å². The molecule has 3 heteroatoms. The van der Waals surface area contributed by atoms with Crippen LogP contribution in [0.5, 0.6) is 0 Å². The van der Waals surface area contributed by atoms with Crippen molar-refractivity contribution >= 4 is 23.2 Å². The summed E-state index contributed by atoms with van der Waals surface area (Å²) in [5.74, 6) is 0. The molecular formula is C17H17Cl2N. The lowest BCUT2D eigenvalue weighted by atomic mass is 9.70. The molecule has 0 bridgehead atoms. The number of hydrogen-bond donors (Lipinski definition) is 1. The van der Waals surface area contributed by atoms with Crippen LogP contribution >= 0.6 is 23.2 Å². The maximum absolute atomic E-state index is 6.35. The number of halogens is 2. The summed E-state index contributed by atoms with van der Waals surface area (Å²) in [4.78, 5) is 0. The molecule has 20 heavy (non-hydrogen) atoms. The molecule has 1 fully saturated rings. The Labute approximate surface area is 129 Å². The normalized spacial score (nSPS) is 16.8. The second kappa shape index (κ2) is 5.40. The Morgan fingerprint density at radius 1 is 1.10 bits per heavy atom. The molecule has 1 aliphatic heterocycles. The minimum Gasteiger partial charge on any atom is -0.315 e. The molecule has 104 valence electrons. The summed E-state index contributed by atoms with van der Waals surface area (Å²) in [5, 5.41) is 4.72. The lowest BCUT2D eigenvalue weighted by Gasteiger charge is -2.44. The van der Waals surface area contributed by atoms with Crippen LogP contribution in [-0.2, 0) is 11.8 Å². The zero-order chi connectivity index (χ0) is 14.2. The molecule has 2 aromatic rings. The number of benzene rings is 2. The molecule has 1 N–H and O–H groups in total. The predicted octanol–water partition coefficient (Wildman–Crippen LogP) is 4.39. The van der Waals surface area contributed by atoms with Crippen molar-refractivity contribution in [2.75, 3.05) is 13.1 Å². The third kappa shape index (κ3) is 2.46. The van der Waals surface area contributed by atoms with Gasteiger partial charge in [-0.3, -0.25) is 0 Å². The van der Waals surface area contributed by atoms with Crippen molar-refractivity contribution in [2.24, 2.45) is 0 Å². The third-order valence-corrected chi connectivity index (χ3v) is 4.98. The van der Waals surface area contributed by atoms with Gasteiger partial charge in [-0.2, -0.15) is 0 Å². The van der Waals surface area contributed by atoms with E-state index in [0.717, 1.165) is 25.1 Å². The van der Waals surface area contributed by atoms with E-state index in [0.29, 0.717) is 10.0 Å². The van der Waals surface area contributed by atoms with Crippen molar-refractivity contribution in [1.29, 1.82) is 0 Å². The Morgan fingerprint density at radius 3 is 2.50 bits per heavy atom. The van der Waals surface area contributed by atoms with Crippen LogP contribution in [0.4, 0.5) is 0 Å². The number of nitrogens with one attached hydrogen (secondary N) is 1. The molecule has 0 aliphatic carbocycles. The first-order valence-corrected chi connectivity index (χ1v) is 7.57. The molecule has 0 spiro atoms. The first-order chi connectivity index (χ1) is 9.61. The van der Waals surface area contributed by atoms with E-state index in [1.54, 1.807) is 0 Å². The Bertz CT molecular complexity index is 633. The molecule has 0 aromatic heterocycles. The van der Waals surface area contributed by atoms with Crippen molar-refractivity contribution in [1.82, 2.24) is 5.32 Å². The molecule has 0 radical (unpaired) electrons. The fourth-order valence-corrected chi connectivity index (χ4v) is 3.27. The average Bonchev–Trinajstić information content (AvgIpc) is 2.38. The standard InChI is InChI=1S/C17H17Cl2N/c1-12-4-2-6-14(8-12)17(10-20-11-17)9-13-5-3-7-15(18)16(13)19/h2-8,20H,9-11H2,1H3. The molecule has 1 heterocycles. The second-order valence-electron chi connectivity index (χ2n) is 5.64. The van der Waals surface area contributed by atoms with Crippen LogP contribution in [0.1, 0.15) is 16.7 Å². The van der Waals surface area contributed by atoms with Gasteiger partial charge in [-0.25, -0.2) is 0 Å². The summed E-state index contributed by atoms with van der Waals surface area (Å²) in [6.45, 7) is 4.11. The van der Waals surface area contributed by atoms with E-state index in [1.165, 1.54) is 11.1 Å². The van der Waals surface area contributed by atoms with E-state index in [1.807, 2.05) is 12.1 Å². The molecule has 0 amide bonds. The van der Waals surface area contributed by atoms with Gasteiger partial charge < -0.3 is 5.32 Å². The first-order valence-electron chi connectivity index (χ1n) is 6.81. The molecule has 1 nitrogen and oxygen atoms in total. The number of hydrogen-bond acceptors (Lipinski definition) is 1. The van der Waals surface area contributed by atoms with E-state index in [9.17, 15) is 0 Å². The van der Waals surface area contributed by atoms with Crippen LogP contribution in [0.2, 0.25) is 10.0 Å². The fraction of sp³-hybridized carbons (Fsp3) is 0.294. The molecule has 0 atom stereocenters. The van der Waals surface area contributed by atoms with Gasteiger partial charge in [0.2, 0.25) is 0 Å². The van der Waals surface area contributed by atoms with Gasteiger partial charge in [0.1, 0.15) is 0 Å². The van der Waals surface area contributed by atoms with E-state index >= 15 is 0 Å². The van der Waals surface area contributed by atoms with Crippen LogP contribution in [-0.4, -0.2) is 13.1 Å². The van der Waals surface area contributed by atoms with E-state index in [-0.39, 0.29) is 5.41 Å². The summed E-state index contributed by atoms with van der Waals surface area (Å²) in [7, 11) is 0. The van der Waals surface area contributed by atoms with Crippen molar-refractivity contribution in [2.45, 2.75) is 18.8 Å². The van der Waals surface area contributed by atoms with Gasteiger partial charge in [0.25, 0.3) is 0 Å². The van der Waals surface area contributed by atoms with Crippen LogP contribution in [0, 0.1) is 6.92 Å². The summed E-state index contributed by atoms with van der Waals surface area (Å²) in [5.41, 5.74) is 3.95. The average molecular weight is 306 g/mol. The van der Waals surface area contributed by atoms with Crippen LogP contribution in [0.3, 0.4) is 0 Å². The first kappa shape index (κ1) is 13.9. The highest BCUT2D eigenvalue weighted by molar-refractivity contribution is 6.42. The van der Waals surface area contributed by atoms with Gasteiger partial charge in [-0.1, -0.05) is 65.2 Å². The lowest BCUT2D eigenvalue weighted by molar-refractivity contribution is 0.274. The third-order valence-electron chi connectivity index (χ3n) is 4.12. The number of rotatable bonds is 3. The van der Waals surface area contributed by atoms with Crippen molar-refractivity contribution in [3.05, 3.63) is 69.2 Å². The van der Waals surface area contributed by atoms with Crippen LogP contribution in [0.25, 0.3) is 0 Å². The summed E-state index contributed by atoms with van der Waals surface area (Å²) < 4.78 is 0. The molecule has 1 aliphatic rings. The summed E-state index contributed by atoms with van der Waals surface area (Å²) in [6, 6.07) is 14.6. The maximum Gasteiger partial charge on any atom is 0.0624 e. The van der Waals surface area contributed by atoms with Crippen LogP contribution < -0.4 is 5.32 Å². The van der Waals surface area contributed by atoms with Crippen molar-refractivity contribution < 1.29 is 0 Å². The van der Waals surface area contributed by atoms with Gasteiger partial charge >= 0.3 is 0 Å². The predicted molar refractivity (Wildman–Crippen MR) is 85.9 cm³/mol. The van der Waals surface area contributed by atoms with Gasteiger partial charge in [0.05, 0.1) is 10.0 Å². The highest BCUT2D eigenvalue weighted by Crippen LogP contribution is 2.36. The molecular weight excluding hydrogens is 289 g/mol. The lowest BCUT2D eigenvalue weighted by Crippen LogP contribution is -2.58. The van der Waals surface area contributed by atoms with Crippen molar-refractivity contribution in [3.63, 3.8) is 0 Å². The van der Waals surface area contributed by atoms with Gasteiger partial charge in [-0.15, -0.1) is 0 Å². The van der Waals surface area contributed by atoms with Gasteiger partial charge in [0.15, 0.2) is 0 Å². The number of aryl methyl sites for hydroxylation is 1. The summed E-state index contributed by atoms with van der Waals surface area (Å²) in [6.07, 6.45) is 0.919. The Hall–Kier alpha value is -1.02. The SMILES string of the molecule is Cc1cccc(C2(Cc3cccc(Cl)c3Cl)CNC2)c1. The second-order valence-corrected chi connectivity index (χ2v) is 6.43. The largest absolute Gasteiger partial charge is 0.315 e. The molecule has 0 unspecified atom stereocenters. The quantitative estimate of drug-likeness (QED) is 0.887. The van der Waals surface area contributed by atoms with E-state index in [4.69, 9.17) is 23.2 Å². The zero-order valence-corrected chi connectivity index (χ0v) is 12.9. The fourth-order valence-electron chi connectivity index (χ4n) is 2.88. The highest BCUT2D eigenvalue weighted by Gasteiger charge is 2.39. The maximum atomic E-state index is 6.35. The summed E-state index contributed by atoms with van der Waals surface area (Å²) >= 11 is 12.5. The topological polar surface area (TPSA) is 12.0 Å². The zero-order valence-electron chi connectivity index (χ0n) is 11.4. The molecule has 0 saturated carbocycles. The van der Waals surface area contributed by atoms with Crippen LogP contribution in [0.15, 0.2) is 42.5 Å². The Kier molecular flexibility index (Phi) is 3.76. The van der Waals surface area contributed by atoms with E-state index < -0.39 is 0 Å². The Morgan fingerprint density at radius 2 is 1.85 bits per heavy atom. The van der Waals surface area contributed by atoms with E-state index in [2.05, 4.69) is 42.6 Å². The molecule has 1 saturated heterocycles. The monoisotopic (exact) mass is 305 g/mol. The smallest absolute Gasteiger partial charge is 0.0624 e. The molecule has 2 aromatic carbocycles. The van der Waals surface area contributed by atoms with Crippen molar-refractivity contribution in [3.8, 4) is 0 Å². The Balaban J connectivity index is 1.96. The molecule has 3 rings (SSSR count).